The van der Waals surface area contributed by atoms with E-state index in [1.54, 1.807) is 48.5 Å². The minimum absolute atomic E-state index is 0.137. The van der Waals surface area contributed by atoms with Crippen LogP contribution in [0.4, 0.5) is 9.59 Å². The molecule has 2 amide bonds. The summed E-state index contributed by atoms with van der Waals surface area (Å²) in [5, 5.41) is 12.1. The van der Waals surface area contributed by atoms with Crippen LogP contribution >= 0.6 is 23.2 Å². The lowest BCUT2D eigenvalue weighted by atomic mass is 9.90. The Kier molecular flexibility index (Phi) is 9.60. The van der Waals surface area contributed by atoms with Crippen molar-refractivity contribution in [1.29, 1.82) is 0 Å². The van der Waals surface area contributed by atoms with E-state index in [1.807, 2.05) is 0 Å². The van der Waals surface area contributed by atoms with Crippen LogP contribution in [0, 0.1) is 11.8 Å². The molecule has 2 aromatic carbocycles. The highest BCUT2D eigenvalue weighted by molar-refractivity contribution is 6.31. The summed E-state index contributed by atoms with van der Waals surface area (Å²) >= 11 is 12.3. The van der Waals surface area contributed by atoms with Gasteiger partial charge in [0.2, 0.25) is 0 Å². The van der Waals surface area contributed by atoms with E-state index in [0.29, 0.717) is 21.2 Å². The monoisotopic (exact) mass is 584 g/mol. The van der Waals surface area contributed by atoms with Crippen molar-refractivity contribution >= 4 is 47.1 Å². The molecule has 0 aromatic heterocycles. The first-order chi connectivity index (χ1) is 19.5. The van der Waals surface area contributed by atoms with Crippen molar-refractivity contribution in [2.75, 3.05) is 13.2 Å². The Morgan fingerprint density at radius 1 is 0.625 bits per heavy atom. The minimum atomic E-state index is -0.727. The zero-order valence-electron chi connectivity index (χ0n) is 22.4. The maximum atomic E-state index is 13.8. The number of hydrazine groups is 1. The molecule has 40 heavy (non-hydrogen) atoms. The summed E-state index contributed by atoms with van der Waals surface area (Å²) in [6, 6.07) is 13.6. The van der Waals surface area contributed by atoms with Crippen LogP contribution in [-0.2, 0) is 9.47 Å². The zero-order chi connectivity index (χ0) is 27.9. The standard InChI is InChI=1S/C30H34Cl2N4O4/c31-25-15-11-23(12-16-25)27-33-34-28(24-13-17-26(32)18-14-24)36(30(38)40-20-22-9-5-2-6-10-22)35(27)29(37)39-19-21-7-3-1-4-8-21/h11-18,21-22H,1-10,19-20H2. The van der Waals surface area contributed by atoms with Crippen molar-refractivity contribution in [1.82, 2.24) is 10.0 Å². The van der Waals surface area contributed by atoms with Gasteiger partial charge in [0, 0.05) is 21.2 Å². The second-order valence-corrected chi connectivity index (χ2v) is 11.5. The lowest BCUT2D eigenvalue weighted by molar-refractivity contribution is 0.0325. The first-order valence-electron chi connectivity index (χ1n) is 14.1. The van der Waals surface area contributed by atoms with Gasteiger partial charge < -0.3 is 9.47 Å². The molecule has 0 spiro atoms. The number of carbonyl (C=O) groups excluding carboxylic acids is 2. The lowest BCUT2D eigenvalue weighted by Gasteiger charge is -2.36. The third kappa shape index (κ3) is 6.96. The molecular formula is C30H34Cl2N4O4. The number of ether oxygens (including phenoxy) is 2. The molecule has 1 heterocycles. The molecule has 2 saturated carbocycles. The van der Waals surface area contributed by atoms with E-state index in [0.717, 1.165) is 61.4 Å². The molecule has 2 aliphatic carbocycles. The first-order valence-corrected chi connectivity index (χ1v) is 14.9. The molecule has 0 bridgehead atoms. The molecule has 8 nitrogen and oxygen atoms in total. The second-order valence-electron chi connectivity index (χ2n) is 10.6. The highest BCUT2D eigenvalue weighted by Crippen LogP contribution is 2.28. The Bertz CT molecular complexity index is 1140. The van der Waals surface area contributed by atoms with Crippen molar-refractivity contribution in [3.63, 3.8) is 0 Å². The molecule has 2 fully saturated rings. The molecule has 10 heteroatoms. The van der Waals surface area contributed by atoms with E-state index in [-0.39, 0.29) is 36.7 Å². The van der Waals surface area contributed by atoms with Gasteiger partial charge in [0.25, 0.3) is 0 Å². The Morgan fingerprint density at radius 3 is 1.32 bits per heavy atom. The molecule has 0 saturated heterocycles. The van der Waals surface area contributed by atoms with Gasteiger partial charge in [-0.25, -0.2) is 9.59 Å². The Hall–Kier alpha value is -3.10. The van der Waals surface area contributed by atoms with E-state index in [2.05, 4.69) is 10.2 Å². The molecule has 0 atom stereocenters. The maximum absolute atomic E-state index is 13.8. The van der Waals surface area contributed by atoms with Crippen molar-refractivity contribution in [3.8, 4) is 0 Å². The Balaban J connectivity index is 1.49. The van der Waals surface area contributed by atoms with Gasteiger partial charge >= 0.3 is 12.2 Å². The van der Waals surface area contributed by atoms with Crippen LogP contribution in [-0.4, -0.2) is 47.1 Å². The fourth-order valence-corrected chi connectivity index (χ4v) is 5.72. The van der Waals surface area contributed by atoms with Gasteiger partial charge in [-0.15, -0.1) is 10.2 Å². The number of nitrogens with zero attached hydrogens (tertiary/aromatic N) is 4. The van der Waals surface area contributed by atoms with Crippen molar-refractivity contribution in [3.05, 3.63) is 69.7 Å². The fourth-order valence-electron chi connectivity index (χ4n) is 5.47. The van der Waals surface area contributed by atoms with E-state index in [9.17, 15) is 9.59 Å². The van der Waals surface area contributed by atoms with Gasteiger partial charge in [0.1, 0.15) is 0 Å². The number of amides is 2. The SMILES string of the molecule is O=C(OCC1CCCCC1)N1C(c2ccc(Cl)cc2)=NN=C(c2ccc(Cl)cc2)N1C(=O)OCC1CCCCC1. The van der Waals surface area contributed by atoms with Gasteiger partial charge in [0.05, 0.1) is 13.2 Å². The average molecular weight is 586 g/mol. The van der Waals surface area contributed by atoms with E-state index in [4.69, 9.17) is 32.7 Å². The molecule has 212 valence electrons. The normalized spacial score (nSPS) is 18.6. The zero-order valence-corrected chi connectivity index (χ0v) is 23.9. The average Bonchev–Trinajstić information content (AvgIpc) is 3.00. The van der Waals surface area contributed by atoms with E-state index in [1.165, 1.54) is 12.8 Å². The van der Waals surface area contributed by atoms with Crippen molar-refractivity contribution < 1.29 is 19.1 Å². The highest BCUT2D eigenvalue weighted by atomic mass is 35.5. The second kappa shape index (κ2) is 13.5. The molecule has 1 aliphatic heterocycles. The van der Waals surface area contributed by atoms with Crippen LogP contribution in [0.1, 0.15) is 75.3 Å². The van der Waals surface area contributed by atoms with E-state index < -0.39 is 12.2 Å². The predicted molar refractivity (Wildman–Crippen MR) is 156 cm³/mol. The summed E-state index contributed by atoms with van der Waals surface area (Å²) in [7, 11) is 0. The largest absolute Gasteiger partial charge is 0.448 e. The number of hydrogen-bond donors (Lipinski definition) is 0. The smallest absolute Gasteiger partial charge is 0.435 e. The third-order valence-corrected chi connectivity index (χ3v) is 8.23. The number of carbonyl (C=O) groups is 2. The summed E-state index contributed by atoms with van der Waals surface area (Å²) < 4.78 is 11.7. The summed E-state index contributed by atoms with van der Waals surface area (Å²) in [5.41, 5.74) is 1.09. The number of benzene rings is 2. The van der Waals surface area contributed by atoms with Crippen LogP contribution in [0.5, 0.6) is 0 Å². The van der Waals surface area contributed by atoms with Crippen LogP contribution in [0.25, 0.3) is 0 Å². The predicted octanol–water partition coefficient (Wildman–Crippen LogP) is 8.07. The van der Waals surface area contributed by atoms with E-state index >= 15 is 0 Å². The number of hydrogen-bond acceptors (Lipinski definition) is 6. The summed E-state index contributed by atoms with van der Waals surface area (Å²) in [6.07, 6.45) is 9.47. The fraction of sp³-hybridized carbons (Fsp3) is 0.467. The third-order valence-electron chi connectivity index (χ3n) is 7.73. The molecule has 3 aliphatic rings. The van der Waals surface area contributed by atoms with Crippen molar-refractivity contribution in [2.45, 2.75) is 64.2 Å². The highest BCUT2D eigenvalue weighted by Gasteiger charge is 2.41. The molecule has 0 radical (unpaired) electrons. The lowest BCUT2D eigenvalue weighted by Crippen LogP contribution is -2.58. The summed E-state index contributed by atoms with van der Waals surface area (Å²) in [4.78, 5) is 27.6. The maximum Gasteiger partial charge on any atom is 0.435 e. The molecule has 5 rings (SSSR count). The number of rotatable bonds is 6. The first kappa shape index (κ1) is 28.4. The van der Waals surface area contributed by atoms with Crippen molar-refractivity contribution in [2.24, 2.45) is 22.0 Å². The molecule has 0 N–H and O–H groups in total. The Morgan fingerprint density at radius 2 is 0.975 bits per heavy atom. The van der Waals surface area contributed by atoms with Gasteiger partial charge in [0.15, 0.2) is 11.7 Å². The minimum Gasteiger partial charge on any atom is -0.448 e. The van der Waals surface area contributed by atoms with Gasteiger partial charge in [-0.05, 0) is 86.1 Å². The molecule has 0 unspecified atom stereocenters. The van der Waals surface area contributed by atoms with Crippen LogP contribution in [0.3, 0.4) is 0 Å². The molecular weight excluding hydrogens is 551 g/mol. The number of halogens is 2. The summed E-state index contributed by atoms with van der Waals surface area (Å²) in [5.74, 6) is 0.847. The topological polar surface area (TPSA) is 83.8 Å². The van der Waals surface area contributed by atoms with Gasteiger partial charge in [-0.2, -0.15) is 10.0 Å². The van der Waals surface area contributed by atoms with Crippen LogP contribution < -0.4 is 0 Å². The number of amidine groups is 2. The van der Waals surface area contributed by atoms with Gasteiger partial charge in [-0.1, -0.05) is 61.7 Å². The Labute approximate surface area is 244 Å². The quantitative estimate of drug-likeness (QED) is 0.343. The summed E-state index contributed by atoms with van der Waals surface area (Å²) in [6.45, 7) is 0.531. The van der Waals surface area contributed by atoms with Crippen LogP contribution in [0.15, 0.2) is 58.7 Å². The molecule has 2 aromatic rings. The van der Waals surface area contributed by atoms with Gasteiger partial charge in [-0.3, -0.25) is 0 Å². The van der Waals surface area contributed by atoms with Crippen LogP contribution in [0.2, 0.25) is 10.0 Å².